The number of aliphatic carboxylic acids is 1. The van der Waals surface area contributed by atoms with Gasteiger partial charge in [0.1, 0.15) is 12.3 Å². The first-order valence-electron chi connectivity index (χ1n) is 14.1. The van der Waals surface area contributed by atoms with E-state index in [0.717, 1.165) is 5.56 Å². The number of carboxylic acids is 1. The molecule has 0 amide bonds. The van der Waals surface area contributed by atoms with Gasteiger partial charge in [-0.05, 0) is 23.1 Å². The van der Waals surface area contributed by atoms with Gasteiger partial charge in [-0.2, -0.15) is 5.10 Å². The average molecular weight is 603 g/mol. The van der Waals surface area contributed by atoms with Crippen LogP contribution < -0.4 is 4.74 Å². The number of benzene rings is 1. The van der Waals surface area contributed by atoms with Crippen LogP contribution in [0.1, 0.15) is 44.2 Å². The van der Waals surface area contributed by atoms with Crippen LogP contribution in [-0.2, 0) is 28.5 Å². The molecule has 0 spiro atoms. The number of carbonyl (C=O) groups excluding carboxylic acids is 1. The summed E-state index contributed by atoms with van der Waals surface area (Å²) in [5, 5.41) is 14.9. The van der Waals surface area contributed by atoms with E-state index in [9.17, 15) is 14.7 Å². The SMILES string of the molecule is COCCOCCOCCOCCOCCOc1ncc(-c2ccc3c(c2)c(C(C)=O)nn3C(C(=O)O)C(C)(C)C)cn1. The van der Waals surface area contributed by atoms with Crippen LogP contribution in [0.5, 0.6) is 6.01 Å². The summed E-state index contributed by atoms with van der Waals surface area (Å²) in [4.78, 5) is 33.1. The third-order valence-corrected chi connectivity index (χ3v) is 6.31. The number of ether oxygens (including phenoxy) is 6. The molecule has 1 unspecified atom stereocenters. The van der Waals surface area contributed by atoms with Crippen molar-refractivity contribution in [2.75, 3.05) is 73.2 Å². The van der Waals surface area contributed by atoms with E-state index in [4.69, 9.17) is 28.4 Å². The van der Waals surface area contributed by atoms with Gasteiger partial charge in [-0.25, -0.2) is 19.4 Å². The highest BCUT2D eigenvalue weighted by molar-refractivity contribution is 6.06. The van der Waals surface area contributed by atoms with Crippen LogP contribution in [0.25, 0.3) is 22.0 Å². The second-order valence-electron chi connectivity index (χ2n) is 10.7. The van der Waals surface area contributed by atoms with E-state index >= 15 is 0 Å². The van der Waals surface area contributed by atoms with Crippen molar-refractivity contribution >= 4 is 22.7 Å². The Labute approximate surface area is 251 Å². The zero-order chi connectivity index (χ0) is 31.2. The monoisotopic (exact) mass is 602 g/mol. The number of hydrogen-bond donors (Lipinski definition) is 1. The summed E-state index contributed by atoms with van der Waals surface area (Å²) in [6.45, 7) is 11.5. The number of fused-ring (bicyclic) bond motifs is 1. The van der Waals surface area contributed by atoms with E-state index in [1.165, 1.54) is 11.6 Å². The molecule has 3 aromatic rings. The van der Waals surface area contributed by atoms with E-state index in [0.29, 0.717) is 75.9 Å². The number of aromatic nitrogens is 4. The molecular formula is C30H42N4O9. The first-order valence-corrected chi connectivity index (χ1v) is 14.1. The third-order valence-electron chi connectivity index (χ3n) is 6.31. The van der Waals surface area contributed by atoms with Crippen molar-refractivity contribution in [3.63, 3.8) is 0 Å². The fourth-order valence-corrected chi connectivity index (χ4v) is 4.26. The average Bonchev–Trinajstić information content (AvgIpc) is 3.33. The van der Waals surface area contributed by atoms with Gasteiger partial charge in [-0.3, -0.25) is 4.79 Å². The molecule has 0 aliphatic rings. The fourth-order valence-electron chi connectivity index (χ4n) is 4.26. The molecule has 2 heterocycles. The van der Waals surface area contributed by atoms with Crippen molar-refractivity contribution in [3.8, 4) is 17.1 Å². The lowest BCUT2D eigenvalue weighted by Gasteiger charge is -2.27. The van der Waals surface area contributed by atoms with Gasteiger partial charge in [0.25, 0.3) is 0 Å². The summed E-state index contributed by atoms with van der Waals surface area (Å²) in [6.07, 6.45) is 3.25. The van der Waals surface area contributed by atoms with Crippen LogP contribution in [0.3, 0.4) is 0 Å². The zero-order valence-corrected chi connectivity index (χ0v) is 25.5. The van der Waals surface area contributed by atoms with E-state index in [1.807, 2.05) is 26.8 Å². The number of methoxy groups -OCH3 is 1. The minimum Gasteiger partial charge on any atom is -0.480 e. The number of Topliss-reactive ketones (excluding diaryl/α,β-unsaturated/α-hetero) is 1. The molecule has 2 aromatic heterocycles. The van der Waals surface area contributed by atoms with Gasteiger partial charge in [0.05, 0.1) is 65.0 Å². The van der Waals surface area contributed by atoms with Crippen LogP contribution in [-0.4, -0.2) is 110 Å². The second-order valence-corrected chi connectivity index (χ2v) is 10.7. The fraction of sp³-hybridized carbons (Fsp3) is 0.567. The highest BCUT2D eigenvalue weighted by Crippen LogP contribution is 2.35. The Morgan fingerprint density at radius 1 is 0.837 bits per heavy atom. The van der Waals surface area contributed by atoms with Crippen molar-refractivity contribution in [3.05, 3.63) is 36.3 Å². The first kappa shape index (κ1) is 34.0. The summed E-state index contributed by atoms with van der Waals surface area (Å²) < 4.78 is 33.6. The molecule has 13 heteroatoms. The van der Waals surface area contributed by atoms with Crippen molar-refractivity contribution < 1.29 is 43.1 Å². The Morgan fingerprint density at radius 2 is 1.37 bits per heavy atom. The van der Waals surface area contributed by atoms with Crippen LogP contribution in [0.4, 0.5) is 0 Å². The number of ketones is 1. The molecule has 0 aliphatic carbocycles. The molecule has 1 aromatic carbocycles. The van der Waals surface area contributed by atoms with Crippen LogP contribution in [0.2, 0.25) is 0 Å². The van der Waals surface area contributed by atoms with Gasteiger partial charge < -0.3 is 33.5 Å². The van der Waals surface area contributed by atoms with E-state index in [1.54, 1.807) is 31.6 Å². The molecule has 0 radical (unpaired) electrons. The molecule has 1 N–H and O–H groups in total. The Hall–Kier alpha value is -3.49. The minimum atomic E-state index is -1.02. The molecule has 0 bridgehead atoms. The lowest BCUT2D eigenvalue weighted by molar-refractivity contribution is -0.144. The second kappa shape index (κ2) is 17.0. The first-order chi connectivity index (χ1) is 20.6. The largest absolute Gasteiger partial charge is 0.480 e. The highest BCUT2D eigenvalue weighted by Gasteiger charge is 2.35. The summed E-state index contributed by atoms with van der Waals surface area (Å²) in [7, 11) is 1.63. The molecule has 1 atom stereocenters. The van der Waals surface area contributed by atoms with Crippen molar-refractivity contribution in [1.29, 1.82) is 0 Å². The normalized spacial score (nSPS) is 12.5. The Balaban J connectivity index is 1.45. The quantitative estimate of drug-likeness (QED) is 0.149. The van der Waals surface area contributed by atoms with Crippen LogP contribution in [0, 0.1) is 5.41 Å². The molecule has 0 saturated carbocycles. The number of hydrogen-bond acceptors (Lipinski definition) is 11. The van der Waals surface area contributed by atoms with Gasteiger partial charge >= 0.3 is 12.0 Å². The lowest BCUT2D eigenvalue weighted by atomic mass is 9.87. The van der Waals surface area contributed by atoms with Crippen LogP contribution >= 0.6 is 0 Å². The highest BCUT2D eigenvalue weighted by atomic mass is 16.6. The Morgan fingerprint density at radius 3 is 1.86 bits per heavy atom. The van der Waals surface area contributed by atoms with Crippen molar-refractivity contribution in [2.45, 2.75) is 33.7 Å². The smallest absolute Gasteiger partial charge is 0.329 e. The molecule has 0 fully saturated rings. The van der Waals surface area contributed by atoms with Gasteiger partial charge in [0.15, 0.2) is 11.8 Å². The maximum absolute atomic E-state index is 12.4. The minimum absolute atomic E-state index is 0.208. The standard InChI is InChI=1S/C30H42N4O9/c1-21(35)26-24-18-22(6-7-25(24)34(33-26)27(28(36)37)30(2,3)4)23-19-31-29(32-20-23)43-17-16-42-15-14-41-13-12-40-11-10-39-9-8-38-5/h6-7,18-20,27H,8-17H2,1-5H3,(H,36,37). The molecule has 13 nitrogen and oxygen atoms in total. The summed E-state index contributed by atoms with van der Waals surface area (Å²) >= 11 is 0. The Bertz CT molecular complexity index is 1310. The summed E-state index contributed by atoms with van der Waals surface area (Å²) in [5.41, 5.74) is 1.61. The number of rotatable bonds is 20. The van der Waals surface area contributed by atoms with Gasteiger partial charge in [-0.15, -0.1) is 0 Å². The topological polar surface area (TPSA) is 153 Å². The number of carboxylic acid groups (broad SMARTS) is 1. The number of carbonyl (C=O) groups is 2. The molecule has 0 aliphatic heterocycles. The third kappa shape index (κ3) is 10.3. The zero-order valence-electron chi connectivity index (χ0n) is 25.5. The molecule has 0 saturated heterocycles. The van der Waals surface area contributed by atoms with Crippen molar-refractivity contribution in [2.24, 2.45) is 5.41 Å². The van der Waals surface area contributed by atoms with E-state index in [2.05, 4.69) is 15.1 Å². The Kier molecular flexibility index (Phi) is 13.4. The number of nitrogens with zero attached hydrogens (tertiary/aromatic N) is 4. The summed E-state index contributed by atoms with van der Waals surface area (Å²) in [6, 6.07) is 4.65. The lowest BCUT2D eigenvalue weighted by Crippen LogP contribution is -2.32. The van der Waals surface area contributed by atoms with Crippen LogP contribution in [0.15, 0.2) is 30.6 Å². The maximum Gasteiger partial charge on any atom is 0.329 e. The molecule has 3 rings (SSSR count). The maximum atomic E-state index is 12.4. The molecule has 236 valence electrons. The molecular weight excluding hydrogens is 560 g/mol. The van der Waals surface area contributed by atoms with E-state index < -0.39 is 17.4 Å². The predicted octanol–water partition coefficient (Wildman–Crippen LogP) is 3.46. The molecule has 43 heavy (non-hydrogen) atoms. The van der Waals surface area contributed by atoms with Crippen molar-refractivity contribution in [1.82, 2.24) is 19.7 Å². The predicted molar refractivity (Wildman–Crippen MR) is 158 cm³/mol. The summed E-state index contributed by atoms with van der Waals surface area (Å²) in [5.74, 6) is -1.27. The van der Waals surface area contributed by atoms with Gasteiger partial charge in [-0.1, -0.05) is 26.8 Å². The van der Waals surface area contributed by atoms with Gasteiger partial charge in [0, 0.05) is 37.4 Å². The van der Waals surface area contributed by atoms with E-state index in [-0.39, 0.29) is 24.1 Å². The van der Waals surface area contributed by atoms with Gasteiger partial charge in [0.2, 0.25) is 0 Å².